The summed E-state index contributed by atoms with van der Waals surface area (Å²) < 4.78 is 5.08. The highest BCUT2D eigenvalue weighted by atomic mass is 16.5. The third-order valence-electron chi connectivity index (χ3n) is 5.98. The minimum Gasteiger partial charge on any atom is -0.462 e. The van der Waals surface area contributed by atoms with E-state index in [-0.39, 0.29) is 24.0 Å². The Bertz CT molecular complexity index is 1160. The fraction of sp³-hybridized carbons (Fsp3) is 0.296. The number of nitrogens with one attached hydrogen (secondary N) is 1. The SMILES string of the molecule is CCOC(=O)c1ccc(-c2ccc3c(c2)[C@H](Nc2ccc(C)cn2)C[C@H](C)N3C(C)=O)cc1. The van der Waals surface area contributed by atoms with Crippen LogP contribution >= 0.6 is 0 Å². The number of ether oxygens (including phenoxy) is 1. The lowest BCUT2D eigenvalue weighted by Gasteiger charge is -2.39. The number of esters is 1. The van der Waals surface area contributed by atoms with Gasteiger partial charge in [0, 0.05) is 24.8 Å². The van der Waals surface area contributed by atoms with E-state index in [1.165, 1.54) is 0 Å². The molecule has 0 aliphatic carbocycles. The quantitative estimate of drug-likeness (QED) is 0.525. The number of anilines is 2. The van der Waals surface area contributed by atoms with Gasteiger partial charge in [0.25, 0.3) is 0 Å². The molecule has 0 radical (unpaired) electrons. The Hall–Kier alpha value is -3.67. The summed E-state index contributed by atoms with van der Waals surface area (Å²) in [5, 5.41) is 3.56. The van der Waals surface area contributed by atoms with E-state index in [0.717, 1.165) is 40.2 Å². The molecule has 0 unspecified atom stereocenters. The van der Waals surface area contributed by atoms with Gasteiger partial charge in [-0.1, -0.05) is 24.3 Å². The summed E-state index contributed by atoms with van der Waals surface area (Å²) >= 11 is 0. The molecule has 2 aromatic carbocycles. The van der Waals surface area contributed by atoms with Crippen LogP contribution < -0.4 is 10.2 Å². The van der Waals surface area contributed by atoms with Gasteiger partial charge in [-0.15, -0.1) is 0 Å². The third-order valence-corrected chi connectivity index (χ3v) is 5.98. The second kappa shape index (κ2) is 9.45. The van der Waals surface area contributed by atoms with Crippen molar-refractivity contribution in [1.82, 2.24) is 4.98 Å². The lowest BCUT2D eigenvalue weighted by molar-refractivity contribution is -0.117. The maximum absolute atomic E-state index is 12.4. The number of benzene rings is 2. The molecule has 0 saturated heterocycles. The van der Waals surface area contributed by atoms with Crippen molar-refractivity contribution in [3.63, 3.8) is 0 Å². The number of carbonyl (C=O) groups excluding carboxylic acids is 2. The van der Waals surface area contributed by atoms with E-state index in [4.69, 9.17) is 4.74 Å². The molecule has 3 aromatic rings. The monoisotopic (exact) mass is 443 g/mol. The first-order valence-electron chi connectivity index (χ1n) is 11.3. The van der Waals surface area contributed by atoms with E-state index >= 15 is 0 Å². The fourth-order valence-electron chi connectivity index (χ4n) is 4.41. The van der Waals surface area contributed by atoms with Crippen LogP contribution in [0.1, 0.15) is 54.7 Å². The van der Waals surface area contributed by atoms with Gasteiger partial charge in [-0.25, -0.2) is 9.78 Å². The van der Waals surface area contributed by atoms with Crippen LogP contribution in [0.4, 0.5) is 11.5 Å². The average Bonchev–Trinajstić information content (AvgIpc) is 2.80. The van der Waals surface area contributed by atoms with Crippen LogP contribution in [0.3, 0.4) is 0 Å². The minimum atomic E-state index is -0.324. The number of aryl methyl sites for hydroxylation is 1. The standard InChI is InChI=1S/C27H29N3O3/c1-5-33-27(32)21-9-7-20(8-10-21)22-11-12-25-23(15-22)24(14-18(3)30(25)19(4)31)29-26-13-6-17(2)16-28-26/h6-13,15-16,18,24H,5,14H2,1-4H3,(H,28,29)/t18-,24+/m0/s1. The highest BCUT2D eigenvalue weighted by molar-refractivity contribution is 5.94. The maximum Gasteiger partial charge on any atom is 0.338 e. The van der Waals surface area contributed by atoms with Crippen molar-refractivity contribution >= 4 is 23.4 Å². The number of rotatable bonds is 5. The van der Waals surface area contributed by atoms with Crippen LogP contribution in [0, 0.1) is 6.92 Å². The number of hydrogen-bond acceptors (Lipinski definition) is 5. The molecule has 0 fully saturated rings. The molecule has 1 N–H and O–H groups in total. The number of amides is 1. The highest BCUT2D eigenvalue weighted by Gasteiger charge is 2.32. The van der Waals surface area contributed by atoms with Crippen molar-refractivity contribution < 1.29 is 14.3 Å². The number of pyridine rings is 1. The number of hydrogen-bond donors (Lipinski definition) is 1. The van der Waals surface area contributed by atoms with Crippen molar-refractivity contribution in [2.75, 3.05) is 16.8 Å². The second-order valence-electron chi connectivity index (χ2n) is 8.46. The Morgan fingerprint density at radius 2 is 1.82 bits per heavy atom. The minimum absolute atomic E-state index is 0.0135. The molecule has 1 amide bonds. The molecule has 1 aliphatic rings. The average molecular weight is 444 g/mol. The molecule has 33 heavy (non-hydrogen) atoms. The summed E-state index contributed by atoms with van der Waals surface area (Å²) in [6.07, 6.45) is 2.62. The Morgan fingerprint density at radius 1 is 1.09 bits per heavy atom. The summed E-state index contributed by atoms with van der Waals surface area (Å²) in [6, 6.07) is 17.7. The molecule has 6 nitrogen and oxygen atoms in total. The molecular formula is C27H29N3O3. The van der Waals surface area contributed by atoms with Crippen molar-refractivity contribution in [2.24, 2.45) is 0 Å². The van der Waals surface area contributed by atoms with Gasteiger partial charge >= 0.3 is 5.97 Å². The first-order valence-corrected chi connectivity index (χ1v) is 11.3. The summed E-state index contributed by atoms with van der Waals surface area (Å²) in [6.45, 7) is 7.84. The van der Waals surface area contributed by atoms with Crippen molar-refractivity contribution in [2.45, 2.75) is 46.2 Å². The lowest BCUT2D eigenvalue weighted by Crippen LogP contribution is -2.43. The van der Waals surface area contributed by atoms with Crippen LogP contribution in [-0.2, 0) is 9.53 Å². The predicted octanol–water partition coefficient (Wildman–Crippen LogP) is 5.53. The Balaban J connectivity index is 1.70. The van der Waals surface area contributed by atoms with Crippen LogP contribution in [0.2, 0.25) is 0 Å². The van der Waals surface area contributed by atoms with Gasteiger partial charge in [-0.2, -0.15) is 0 Å². The predicted molar refractivity (Wildman–Crippen MR) is 130 cm³/mol. The van der Waals surface area contributed by atoms with E-state index in [1.807, 2.05) is 54.4 Å². The number of aromatic nitrogens is 1. The van der Waals surface area contributed by atoms with E-state index in [9.17, 15) is 9.59 Å². The summed E-state index contributed by atoms with van der Waals surface area (Å²) in [5.74, 6) is 0.516. The Labute approximate surface area is 194 Å². The van der Waals surface area contributed by atoms with Gasteiger partial charge < -0.3 is 15.0 Å². The topological polar surface area (TPSA) is 71.5 Å². The first kappa shape index (κ1) is 22.5. The Morgan fingerprint density at radius 3 is 2.45 bits per heavy atom. The fourth-order valence-corrected chi connectivity index (χ4v) is 4.41. The smallest absolute Gasteiger partial charge is 0.338 e. The molecular weight excluding hydrogens is 414 g/mol. The van der Waals surface area contributed by atoms with E-state index < -0.39 is 0 Å². The number of fused-ring (bicyclic) bond motifs is 1. The zero-order chi connectivity index (χ0) is 23.5. The normalized spacial score (nSPS) is 17.3. The van der Waals surface area contributed by atoms with Gasteiger partial charge in [0.15, 0.2) is 0 Å². The summed E-state index contributed by atoms with van der Waals surface area (Å²) in [7, 11) is 0. The molecule has 4 rings (SSSR count). The van der Waals surface area contributed by atoms with Gasteiger partial charge in [0.2, 0.25) is 5.91 Å². The number of nitrogens with zero attached hydrogens (tertiary/aromatic N) is 2. The van der Waals surface area contributed by atoms with Crippen molar-refractivity contribution in [3.8, 4) is 11.1 Å². The maximum atomic E-state index is 12.4. The number of carbonyl (C=O) groups is 2. The zero-order valence-electron chi connectivity index (χ0n) is 19.5. The summed E-state index contributed by atoms with van der Waals surface area (Å²) in [5.41, 5.74) is 5.61. The van der Waals surface area contributed by atoms with Gasteiger partial charge in [0.1, 0.15) is 5.82 Å². The van der Waals surface area contributed by atoms with E-state index in [1.54, 1.807) is 26.0 Å². The van der Waals surface area contributed by atoms with Gasteiger partial charge in [0.05, 0.1) is 18.2 Å². The van der Waals surface area contributed by atoms with Crippen molar-refractivity contribution in [3.05, 3.63) is 77.5 Å². The molecule has 1 aliphatic heterocycles. The van der Waals surface area contributed by atoms with Crippen LogP contribution in [-0.4, -0.2) is 29.5 Å². The third kappa shape index (κ3) is 4.75. The molecule has 1 aromatic heterocycles. The molecule has 0 spiro atoms. The van der Waals surface area contributed by atoms with E-state index in [2.05, 4.69) is 23.3 Å². The van der Waals surface area contributed by atoms with Gasteiger partial charge in [-0.05, 0) is 79.8 Å². The summed E-state index contributed by atoms with van der Waals surface area (Å²) in [4.78, 5) is 30.8. The second-order valence-corrected chi connectivity index (χ2v) is 8.46. The molecule has 170 valence electrons. The van der Waals surface area contributed by atoms with Crippen LogP contribution in [0.5, 0.6) is 0 Å². The molecule has 0 bridgehead atoms. The molecule has 6 heteroatoms. The molecule has 0 saturated carbocycles. The van der Waals surface area contributed by atoms with Crippen LogP contribution in [0.15, 0.2) is 60.8 Å². The van der Waals surface area contributed by atoms with Crippen LogP contribution in [0.25, 0.3) is 11.1 Å². The lowest BCUT2D eigenvalue weighted by atomic mass is 9.89. The zero-order valence-corrected chi connectivity index (χ0v) is 19.5. The van der Waals surface area contributed by atoms with Crippen molar-refractivity contribution in [1.29, 1.82) is 0 Å². The van der Waals surface area contributed by atoms with Gasteiger partial charge in [-0.3, -0.25) is 4.79 Å². The first-order chi connectivity index (χ1) is 15.9. The molecule has 2 atom stereocenters. The highest BCUT2D eigenvalue weighted by Crippen LogP contribution is 2.41. The Kier molecular flexibility index (Phi) is 6.45. The van der Waals surface area contributed by atoms with E-state index in [0.29, 0.717) is 12.2 Å². The largest absolute Gasteiger partial charge is 0.462 e. The molecule has 2 heterocycles.